The average Bonchev–Trinajstić information content (AvgIpc) is 3.13. The summed E-state index contributed by atoms with van der Waals surface area (Å²) in [7, 11) is 1.45. The van der Waals surface area contributed by atoms with Gasteiger partial charge >= 0.3 is 0 Å². The van der Waals surface area contributed by atoms with Gasteiger partial charge in [-0.3, -0.25) is 9.59 Å². The maximum atomic E-state index is 12.0. The first-order valence-electron chi connectivity index (χ1n) is 8.41. The van der Waals surface area contributed by atoms with Crippen molar-refractivity contribution in [2.75, 3.05) is 7.11 Å². The number of allylic oxidation sites excluding steroid dienone is 2. The average molecular weight is 361 g/mol. The fraction of sp³-hybridized carbons (Fsp3) is 0.0909. The number of phenols is 1. The number of rotatable bonds is 7. The first kappa shape index (κ1) is 18.2. The summed E-state index contributed by atoms with van der Waals surface area (Å²) in [6.45, 7) is 0. The third-order valence-corrected chi connectivity index (χ3v) is 4.05. The molecule has 0 bridgehead atoms. The number of carbonyl (C=O) groups excluding carboxylic acids is 2. The number of carbonyl (C=O) groups is 2. The van der Waals surface area contributed by atoms with E-state index in [1.807, 2.05) is 30.5 Å². The zero-order valence-corrected chi connectivity index (χ0v) is 14.8. The first-order valence-corrected chi connectivity index (χ1v) is 8.41. The summed E-state index contributed by atoms with van der Waals surface area (Å²) in [5.74, 6) is -0.206. The van der Waals surface area contributed by atoms with Crippen LogP contribution in [0.1, 0.15) is 17.5 Å². The number of ether oxygens (including phenoxy) is 1. The fourth-order valence-electron chi connectivity index (χ4n) is 2.64. The van der Waals surface area contributed by atoms with Gasteiger partial charge in [0.05, 0.1) is 13.5 Å². The highest BCUT2D eigenvalue weighted by molar-refractivity contribution is 6.11. The van der Waals surface area contributed by atoms with Crippen LogP contribution < -0.4 is 4.74 Å². The number of H-pyrrole nitrogens is 1. The molecule has 5 heteroatoms. The van der Waals surface area contributed by atoms with Crippen LogP contribution in [0.5, 0.6) is 11.5 Å². The molecule has 0 radical (unpaired) electrons. The van der Waals surface area contributed by atoms with Gasteiger partial charge in [0.25, 0.3) is 0 Å². The Morgan fingerprint density at radius 3 is 2.37 bits per heavy atom. The van der Waals surface area contributed by atoms with Crippen LogP contribution in [-0.2, 0) is 9.59 Å². The molecule has 27 heavy (non-hydrogen) atoms. The molecule has 0 fully saturated rings. The predicted molar refractivity (Wildman–Crippen MR) is 106 cm³/mol. The van der Waals surface area contributed by atoms with E-state index in [-0.39, 0.29) is 23.7 Å². The Hall–Kier alpha value is -3.60. The zero-order chi connectivity index (χ0) is 19.2. The molecule has 2 N–H and O–H groups in total. The standard InChI is InChI=1S/C22H19NO4/c1-27-22-13-16(5-9-21(22)26)3-7-19(25)14-18(24)6-2-15-4-8-20-17(12-15)10-11-23-20/h2-13,23,26H,14H2,1H3/b6-2+,7-3+. The minimum Gasteiger partial charge on any atom is -0.504 e. The third-order valence-electron chi connectivity index (χ3n) is 4.05. The van der Waals surface area contributed by atoms with E-state index < -0.39 is 0 Å². The quantitative estimate of drug-likeness (QED) is 0.490. The highest BCUT2D eigenvalue weighted by Crippen LogP contribution is 2.26. The van der Waals surface area contributed by atoms with E-state index in [1.165, 1.54) is 25.3 Å². The van der Waals surface area contributed by atoms with Crippen LogP contribution in [0.2, 0.25) is 0 Å². The van der Waals surface area contributed by atoms with Gasteiger partial charge in [-0.15, -0.1) is 0 Å². The second kappa shape index (κ2) is 8.19. The first-order chi connectivity index (χ1) is 13.0. The number of aromatic nitrogens is 1. The molecule has 3 rings (SSSR count). The summed E-state index contributed by atoms with van der Waals surface area (Å²) >= 11 is 0. The number of aromatic hydroxyl groups is 1. The van der Waals surface area contributed by atoms with Crippen LogP contribution in [0.3, 0.4) is 0 Å². The molecular formula is C22H19NO4. The van der Waals surface area contributed by atoms with E-state index in [9.17, 15) is 14.7 Å². The van der Waals surface area contributed by atoms with E-state index in [2.05, 4.69) is 4.98 Å². The fourth-order valence-corrected chi connectivity index (χ4v) is 2.64. The molecule has 0 amide bonds. The molecule has 0 atom stereocenters. The van der Waals surface area contributed by atoms with Crippen molar-refractivity contribution >= 4 is 34.6 Å². The zero-order valence-electron chi connectivity index (χ0n) is 14.8. The highest BCUT2D eigenvalue weighted by Gasteiger charge is 2.05. The number of aromatic amines is 1. The number of phenolic OH excluding ortho intramolecular Hbond substituents is 1. The van der Waals surface area contributed by atoms with E-state index in [0.29, 0.717) is 11.3 Å². The summed E-state index contributed by atoms with van der Waals surface area (Å²) in [4.78, 5) is 27.1. The summed E-state index contributed by atoms with van der Waals surface area (Å²) in [5.41, 5.74) is 2.63. The van der Waals surface area contributed by atoms with E-state index in [0.717, 1.165) is 16.5 Å². The molecule has 3 aromatic rings. The van der Waals surface area contributed by atoms with Crippen LogP contribution in [-0.4, -0.2) is 28.8 Å². The van der Waals surface area contributed by atoms with Crippen molar-refractivity contribution in [2.45, 2.75) is 6.42 Å². The molecule has 0 aliphatic rings. The van der Waals surface area contributed by atoms with Gasteiger partial charge in [0.1, 0.15) is 0 Å². The molecule has 136 valence electrons. The number of hydrogen-bond acceptors (Lipinski definition) is 4. The third kappa shape index (κ3) is 4.73. The van der Waals surface area contributed by atoms with E-state index in [4.69, 9.17) is 4.74 Å². The number of fused-ring (bicyclic) bond motifs is 1. The maximum Gasteiger partial charge on any atom is 0.163 e. The summed E-state index contributed by atoms with van der Waals surface area (Å²) in [6.07, 6.45) is 7.72. The second-order valence-electron chi connectivity index (χ2n) is 6.03. The van der Waals surface area contributed by atoms with E-state index in [1.54, 1.807) is 24.3 Å². The highest BCUT2D eigenvalue weighted by atomic mass is 16.5. The largest absolute Gasteiger partial charge is 0.504 e. The van der Waals surface area contributed by atoms with Gasteiger partial charge in [0.2, 0.25) is 0 Å². The SMILES string of the molecule is COc1cc(/C=C/C(=O)CC(=O)/C=C/c2ccc3[nH]ccc3c2)ccc1O. The van der Waals surface area contributed by atoms with Crippen molar-refractivity contribution in [1.29, 1.82) is 0 Å². The van der Waals surface area contributed by atoms with Gasteiger partial charge in [0, 0.05) is 11.7 Å². The molecule has 2 aromatic carbocycles. The van der Waals surface area contributed by atoms with Gasteiger partial charge in [-0.1, -0.05) is 24.3 Å². The molecule has 1 heterocycles. The number of ketones is 2. The van der Waals surface area contributed by atoms with Crippen molar-refractivity contribution in [1.82, 2.24) is 4.98 Å². The minimum atomic E-state index is -0.294. The van der Waals surface area contributed by atoms with Gasteiger partial charge in [-0.05, 0) is 59.0 Å². The molecule has 0 unspecified atom stereocenters. The normalized spacial score (nSPS) is 11.4. The second-order valence-corrected chi connectivity index (χ2v) is 6.03. The minimum absolute atomic E-state index is 0.0270. The van der Waals surface area contributed by atoms with Gasteiger partial charge in [-0.25, -0.2) is 0 Å². The van der Waals surface area contributed by atoms with Gasteiger partial charge < -0.3 is 14.8 Å². The van der Waals surface area contributed by atoms with E-state index >= 15 is 0 Å². The Labute approximate surface area is 156 Å². The Morgan fingerprint density at radius 2 is 1.67 bits per heavy atom. The number of methoxy groups -OCH3 is 1. The van der Waals surface area contributed by atoms with Crippen molar-refractivity contribution in [3.8, 4) is 11.5 Å². The van der Waals surface area contributed by atoms with Crippen molar-refractivity contribution in [3.63, 3.8) is 0 Å². The van der Waals surface area contributed by atoms with Crippen LogP contribution in [0.25, 0.3) is 23.1 Å². The number of hydrogen-bond donors (Lipinski definition) is 2. The molecule has 0 aliphatic carbocycles. The lowest BCUT2D eigenvalue weighted by Gasteiger charge is -2.03. The molecule has 5 nitrogen and oxygen atoms in total. The monoisotopic (exact) mass is 361 g/mol. The lowest BCUT2D eigenvalue weighted by atomic mass is 10.1. The van der Waals surface area contributed by atoms with Crippen molar-refractivity contribution in [2.24, 2.45) is 0 Å². The molecule has 1 aromatic heterocycles. The molecule has 0 saturated heterocycles. The van der Waals surface area contributed by atoms with Crippen molar-refractivity contribution < 1.29 is 19.4 Å². The number of benzene rings is 2. The van der Waals surface area contributed by atoms with Gasteiger partial charge in [-0.2, -0.15) is 0 Å². The topological polar surface area (TPSA) is 79.4 Å². The lowest BCUT2D eigenvalue weighted by Crippen LogP contribution is -2.01. The summed E-state index contributed by atoms with van der Waals surface area (Å²) in [5, 5.41) is 10.6. The van der Waals surface area contributed by atoms with Crippen molar-refractivity contribution in [3.05, 3.63) is 71.9 Å². The summed E-state index contributed by atoms with van der Waals surface area (Å²) in [6, 6.07) is 12.5. The van der Waals surface area contributed by atoms with Gasteiger partial charge in [0.15, 0.2) is 23.1 Å². The Morgan fingerprint density at radius 1 is 1.00 bits per heavy atom. The lowest BCUT2D eigenvalue weighted by molar-refractivity contribution is -0.121. The molecule has 0 spiro atoms. The van der Waals surface area contributed by atoms with Crippen LogP contribution in [0, 0.1) is 0 Å². The molecule has 0 saturated carbocycles. The molecule has 0 aliphatic heterocycles. The van der Waals surface area contributed by atoms with Crippen LogP contribution in [0.4, 0.5) is 0 Å². The maximum absolute atomic E-state index is 12.0. The predicted octanol–water partition coefficient (Wildman–Crippen LogP) is 4.14. The smallest absolute Gasteiger partial charge is 0.163 e. The Bertz CT molecular complexity index is 1040. The molecular weight excluding hydrogens is 342 g/mol. The Kier molecular flexibility index (Phi) is 5.52. The Balaban J connectivity index is 1.59. The van der Waals surface area contributed by atoms with Crippen LogP contribution >= 0.6 is 0 Å². The van der Waals surface area contributed by atoms with Crippen LogP contribution in [0.15, 0.2) is 60.8 Å². The number of nitrogens with one attached hydrogen (secondary N) is 1. The summed E-state index contributed by atoms with van der Waals surface area (Å²) < 4.78 is 5.02.